The molecule has 1 saturated carbocycles. The Kier molecular flexibility index (Phi) is 8.32. The lowest BCUT2D eigenvalue weighted by molar-refractivity contribution is -0.146. The molecule has 1 N–H and O–H groups in total. The van der Waals surface area contributed by atoms with Gasteiger partial charge in [0.25, 0.3) is 5.91 Å². The van der Waals surface area contributed by atoms with Crippen LogP contribution < -0.4 is 5.32 Å². The number of carbonyl (C=O) groups is 3. The number of benzene rings is 1. The maximum atomic E-state index is 12.8. The minimum absolute atomic E-state index is 0.169. The first-order chi connectivity index (χ1) is 16.5. The van der Waals surface area contributed by atoms with Crippen LogP contribution in [0.4, 0.5) is 0 Å². The minimum atomic E-state index is -0.768. The number of amides is 2. The van der Waals surface area contributed by atoms with Crippen molar-refractivity contribution >= 4 is 29.1 Å². The topological polar surface area (TPSA) is 88.6 Å². The summed E-state index contributed by atoms with van der Waals surface area (Å²) in [7, 11) is 0. The summed E-state index contributed by atoms with van der Waals surface area (Å²) in [5.41, 5.74) is 1.22. The van der Waals surface area contributed by atoms with Crippen molar-refractivity contribution in [2.24, 2.45) is 5.92 Å². The third-order valence-corrected chi connectivity index (χ3v) is 7.80. The maximum absolute atomic E-state index is 12.8. The van der Waals surface area contributed by atoms with Gasteiger partial charge in [0, 0.05) is 30.3 Å². The molecule has 8 heteroatoms. The first kappa shape index (κ1) is 24.4. The van der Waals surface area contributed by atoms with Gasteiger partial charge in [-0.3, -0.25) is 9.59 Å². The lowest BCUT2D eigenvalue weighted by atomic mass is 9.87. The predicted molar refractivity (Wildman–Crippen MR) is 130 cm³/mol. The number of thiazole rings is 1. The van der Waals surface area contributed by atoms with Crippen molar-refractivity contribution in [3.05, 3.63) is 52.0 Å². The third-order valence-electron chi connectivity index (χ3n) is 6.79. The molecule has 1 aromatic carbocycles. The average Bonchev–Trinajstić information content (AvgIpc) is 3.38. The minimum Gasteiger partial charge on any atom is -0.459 e. The molecule has 1 unspecified atom stereocenters. The van der Waals surface area contributed by atoms with Gasteiger partial charge in [-0.15, -0.1) is 11.3 Å². The number of carbonyl (C=O) groups excluding carboxylic acids is 3. The largest absolute Gasteiger partial charge is 0.459 e. The summed E-state index contributed by atoms with van der Waals surface area (Å²) < 4.78 is 5.30. The molecule has 0 spiro atoms. The molecule has 182 valence electrons. The zero-order chi connectivity index (χ0) is 23.9. The van der Waals surface area contributed by atoms with Crippen LogP contribution in [-0.2, 0) is 20.9 Å². The maximum Gasteiger partial charge on any atom is 0.328 e. The second kappa shape index (κ2) is 11.6. The van der Waals surface area contributed by atoms with Gasteiger partial charge in [-0.25, -0.2) is 9.78 Å². The number of hydrogen-bond donors (Lipinski definition) is 1. The summed E-state index contributed by atoms with van der Waals surface area (Å²) in [6.45, 7) is 3.29. The Morgan fingerprint density at radius 3 is 2.50 bits per heavy atom. The normalized spacial score (nSPS) is 18.3. The highest BCUT2D eigenvalue weighted by molar-refractivity contribution is 7.09. The van der Waals surface area contributed by atoms with Crippen molar-refractivity contribution in [1.82, 2.24) is 15.2 Å². The van der Waals surface area contributed by atoms with Crippen LogP contribution in [0.2, 0.25) is 0 Å². The van der Waals surface area contributed by atoms with E-state index in [2.05, 4.69) is 10.3 Å². The first-order valence-corrected chi connectivity index (χ1v) is 13.1. The van der Waals surface area contributed by atoms with Crippen molar-refractivity contribution in [2.45, 2.75) is 70.4 Å². The molecular weight excluding hydrogens is 450 g/mol. The number of piperidine rings is 1. The summed E-state index contributed by atoms with van der Waals surface area (Å²) in [6.07, 6.45) is 7.38. The van der Waals surface area contributed by atoms with E-state index in [1.807, 2.05) is 35.2 Å². The highest BCUT2D eigenvalue weighted by Gasteiger charge is 2.31. The lowest BCUT2D eigenvalue weighted by Gasteiger charge is -2.34. The van der Waals surface area contributed by atoms with Crippen LogP contribution in [0.3, 0.4) is 0 Å². The second-order valence-electron chi connectivity index (χ2n) is 9.29. The van der Waals surface area contributed by atoms with Crippen LogP contribution in [0.25, 0.3) is 0 Å². The van der Waals surface area contributed by atoms with Crippen LogP contribution in [0, 0.1) is 5.92 Å². The highest BCUT2D eigenvalue weighted by atomic mass is 32.1. The molecule has 1 aromatic heterocycles. The van der Waals surface area contributed by atoms with Crippen LogP contribution in [0.1, 0.15) is 78.8 Å². The Morgan fingerprint density at radius 1 is 1.09 bits per heavy atom. The van der Waals surface area contributed by atoms with Crippen molar-refractivity contribution < 1.29 is 19.1 Å². The molecule has 1 aliphatic carbocycles. The molecule has 2 aliphatic rings. The van der Waals surface area contributed by atoms with Gasteiger partial charge in [0.15, 0.2) is 0 Å². The van der Waals surface area contributed by atoms with E-state index in [-0.39, 0.29) is 24.3 Å². The van der Waals surface area contributed by atoms with Gasteiger partial charge in [0.2, 0.25) is 5.91 Å². The van der Waals surface area contributed by atoms with Gasteiger partial charge < -0.3 is 15.0 Å². The molecule has 2 aromatic rings. The average molecular weight is 484 g/mol. The molecule has 0 bridgehead atoms. The van der Waals surface area contributed by atoms with E-state index < -0.39 is 12.0 Å². The summed E-state index contributed by atoms with van der Waals surface area (Å²) in [5, 5.41) is 5.35. The fourth-order valence-corrected chi connectivity index (χ4v) is 5.69. The molecule has 2 amide bonds. The number of nitrogens with zero attached hydrogens (tertiary/aromatic N) is 2. The van der Waals surface area contributed by atoms with E-state index in [0.29, 0.717) is 11.6 Å². The van der Waals surface area contributed by atoms with E-state index in [9.17, 15) is 14.4 Å². The fourth-order valence-electron chi connectivity index (χ4n) is 4.72. The van der Waals surface area contributed by atoms with E-state index >= 15 is 0 Å². The summed E-state index contributed by atoms with van der Waals surface area (Å²) in [6, 6.07) is 8.65. The van der Waals surface area contributed by atoms with E-state index in [0.717, 1.165) is 49.3 Å². The number of esters is 1. The van der Waals surface area contributed by atoms with Crippen LogP contribution >= 0.6 is 11.3 Å². The SMILES string of the molecule is CC(NC(=O)c1csc(C2CCN(C(=O)C3CCCCC3)CC2)n1)C(=O)OCc1ccccc1. The van der Waals surface area contributed by atoms with Crippen LogP contribution in [0.15, 0.2) is 35.7 Å². The van der Waals surface area contributed by atoms with Crippen molar-refractivity contribution in [1.29, 1.82) is 0 Å². The smallest absolute Gasteiger partial charge is 0.328 e. The van der Waals surface area contributed by atoms with Gasteiger partial charge in [-0.1, -0.05) is 49.6 Å². The number of hydrogen-bond acceptors (Lipinski definition) is 6. The zero-order valence-electron chi connectivity index (χ0n) is 19.7. The Hall–Kier alpha value is -2.74. The van der Waals surface area contributed by atoms with Gasteiger partial charge in [0.1, 0.15) is 18.3 Å². The fraction of sp³-hybridized carbons (Fsp3) is 0.538. The summed E-state index contributed by atoms with van der Waals surface area (Å²) in [5.74, 6) is -0.0678. The standard InChI is InChI=1S/C26H33N3O4S/c1-18(26(32)33-16-19-8-4-2-5-9-19)27-23(30)22-17-34-24(28-22)20-12-14-29(15-13-20)25(31)21-10-6-3-7-11-21/h2,4-5,8-9,17-18,20-21H,3,6-7,10-16H2,1H3,(H,27,30). The number of likely N-dealkylation sites (tertiary alicyclic amines) is 1. The molecule has 2 fully saturated rings. The van der Waals surface area contributed by atoms with E-state index in [4.69, 9.17) is 4.74 Å². The third kappa shape index (κ3) is 6.23. The lowest BCUT2D eigenvalue weighted by Crippen LogP contribution is -2.42. The number of ether oxygens (including phenoxy) is 1. The summed E-state index contributed by atoms with van der Waals surface area (Å²) >= 11 is 1.47. The van der Waals surface area contributed by atoms with Crippen LogP contribution in [-0.4, -0.2) is 46.8 Å². The van der Waals surface area contributed by atoms with Gasteiger partial charge >= 0.3 is 5.97 Å². The zero-order valence-corrected chi connectivity index (χ0v) is 20.5. The molecule has 1 aliphatic heterocycles. The molecule has 4 rings (SSSR count). The van der Waals surface area contributed by atoms with Gasteiger partial charge in [-0.2, -0.15) is 0 Å². The van der Waals surface area contributed by atoms with Gasteiger partial charge in [0.05, 0.1) is 5.01 Å². The summed E-state index contributed by atoms with van der Waals surface area (Å²) in [4.78, 5) is 44.2. The molecule has 7 nitrogen and oxygen atoms in total. The second-order valence-corrected chi connectivity index (χ2v) is 10.2. The number of rotatable bonds is 7. The van der Waals surface area contributed by atoms with Crippen LogP contribution in [0.5, 0.6) is 0 Å². The molecule has 1 atom stereocenters. The van der Waals surface area contributed by atoms with Crippen molar-refractivity contribution in [3.63, 3.8) is 0 Å². The number of aromatic nitrogens is 1. The van der Waals surface area contributed by atoms with Crippen molar-refractivity contribution in [2.75, 3.05) is 13.1 Å². The monoisotopic (exact) mass is 483 g/mol. The molecular formula is C26H33N3O4S. The Balaban J connectivity index is 1.24. The highest BCUT2D eigenvalue weighted by Crippen LogP contribution is 2.32. The van der Waals surface area contributed by atoms with E-state index in [1.54, 1.807) is 12.3 Å². The molecule has 1 saturated heterocycles. The molecule has 2 heterocycles. The Morgan fingerprint density at radius 2 is 1.79 bits per heavy atom. The molecule has 0 radical (unpaired) electrons. The van der Waals surface area contributed by atoms with E-state index in [1.165, 1.54) is 30.6 Å². The number of nitrogens with one attached hydrogen (secondary N) is 1. The first-order valence-electron chi connectivity index (χ1n) is 12.3. The van der Waals surface area contributed by atoms with Crippen molar-refractivity contribution in [3.8, 4) is 0 Å². The predicted octanol–water partition coefficient (Wildman–Crippen LogP) is 4.29. The quantitative estimate of drug-likeness (QED) is 0.594. The Labute approximate surface area is 204 Å². The van der Waals surface area contributed by atoms with Gasteiger partial charge in [-0.05, 0) is 38.2 Å². The molecule has 34 heavy (non-hydrogen) atoms. The Bertz CT molecular complexity index is 979.